The molecule has 1 unspecified atom stereocenters. The lowest BCUT2D eigenvalue weighted by atomic mass is 9.68. The van der Waals surface area contributed by atoms with E-state index >= 15 is 0 Å². The first kappa shape index (κ1) is 21.1. The molecule has 1 saturated carbocycles. The van der Waals surface area contributed by atoms with E-state index in [1.165, 1.54) is 25.7 Å². The van der Waals surface area contributed by atoms with Crippen LogP contribution in [0.3, 0.4) is 0 Å². The van der Waals surface area contributed by atoms with E-state index < -0.39 is 0 Å². The van der Waals surface area contributed by atoms with E-state index in [0.717, 1.165) is 58.1 Å². The van der Waals surface area contributed by atoms with Crippen LogP contribution in [-0.2, 0) is 14.2 Å². The molecule has 0 aromatic carbocycles. The Bertz CT molecular complexity index is 377. The van der Waals surface area contributed by atoms with E-state index in [0.29, 0.717) is 5.41 Å². The summed E-state index contributed by atoms with van der Waals surface area (Å²) in [6.07, 6.45) is 8.54. The van der Waals surface area contributed by atoms with E-state index in [-0.39, 0.29) is 11.9 Å². The maximum Gasteiger partial charge on any atom is 0.168 e. The largest absolute Gasteiger partial charge is 0.380 e. The van der Waals surface area contributed by atoms with Crippen LogP contribution in [0.1, 0.15) is 72.6 Å². The zero-order valence-electron chi connectivity index (χ0n) is 17.3. The normalized spacial score (nSPS) is 30.5. The standard InChI is InChI=1S/C21H41NO3/c1-6-11-20(3,4)18-8-12-21(13-9-18)24-17-19(25-21)10-14-22(5)15-16-23-7-2/h18-19H,6-17H2,1-5H3. The Morgan fingerprint density at radius 2 is 1.88 bits per heavy atom. The average molecular weight is 356 g/mol. The van der Waals surface area contributed by atoms with Gasteiger partial charge in [0.15, 0.2) is 5.79 Å². The van der Waals surface area contributed by atoms with Crippen LogP contribution >= 0.6 is 0 Å². The molecule has 2 aliphatic rings. The molecule has 1 heterocycles. The third kappa shape index (κ3) is 6.20. The highest BCUT2D eigenvalue weighted by Crippen LogP contribution is 2.47. The summed E-state index contributed by atoms with van der Waals surface area (Å²) in [7, 11) is 2.16. The molecule has 148 valence electrons. The van der Waals surface area contributed by atoms with E-state index in [2.05, 4.69) is 32.7 Å². The number of hydrogen-bond acceptors (Lipinski definition) is 4. The molecule has 0 aromatic heterocycles. The second-order valence-corrected chi connectivity index (χ2v) is 8.76. The van der Waals surface area contributed by atoms with Crippen molar-refractivity contribution >= 4 is 0 Å². The minimum absolute atomic E-state index is 0.259. The molecular formula is C21H41NO3. The first-order valence-electron chi connectivity index (χ1n) is 10.5. The molecule has 4 heteroatoms. The van der Waals surface area contributed by atoms with E-state index in [1.54, 1.807) is 0 Å². The second kappa shape index (κ2) is 9.68. The van der Waals surface area contributed by atoms with Gasteiger partial charge in [-0.05, 0) is 51.0 Å². The first-order valence-corrected chi connectivity index (χ1v) is 10.5. The molecule has 1 aliphatic heterocycles. The van der Waals surface area contributed by atoms with Crippen LogP contribution < -0.4 is 0 Å². The second-order valence-electron chi connectivity index (χ2n) is 8.76. The van der Waals surface area contributed by atoms with Gasteiger partial charge in [-0.2, -0.15) is 0 Å². The predicted octanol–water partition coefficient (Wildman–Crippen LogP) is 4.47. The van der Waals surface area contributed by atoms with Gasteiger partial charge >= 0.3 is 0 Å². The fraction of sp³-hybridized carbons (Fsp3) is 1.00. The molecule has 1 saturated heterocycles. The zero-order valence-corrected chi connectivity index (χ0v) is 17.3. The van der Waals surface area contributed by atoms with Gasteiger partial charge in [-0.25, -0.2) is 0 Å². The summed E-state index contributed by atoms with van der Waals surface area (Å²) < 4.78 is 18.0. The van der Waals surface area contributed by atoms with Gasteiger partial charge in [-0.15, -0.1) is 0 Å². The number of rotatable bonds is 10. The van der Waals surface area contributed by atoms with Crippen molar-refractivity contribution in [3.05, 3.63) is 0 Å². The van der Waals surface area contributed by atoms with Crippen molar-refractivity contribution in [2.75, 3.05) is 40.0 Å². The highest BCUT2D eigenvalue weighted by molar-refractivity contribution is 4.90. The number of hydrogen-bond donors (Lipinski definition) is 0. The van der Waals surface area contributed by atoms with E-state index in [9.17, 15) is 0 Å². The number of likely N-dealkylation sites (N-methyl/N-ethyl adjacent to an activating group) is 1. The van der Waals surface area contributed by atoms with Crippen molar-refractivity contribution in [3.63, 3.8) is 0 Å². The summed E-state index contributed by atoms with van der Waals surface area (Å²) in [5.41, 5.74) is 0.456. The Balaban J connectivity index is 1.70. The summed E-state index contributed by atoms with van der Waals surface area (Å²) in [5, 5.41) is 0. The Morgan fingerprint density at radius 3 is 2.52 bits per heavy atom. The lowest BCUT2D eigenvalue weighted by Crippen LogP contribution is -2.39. The predicted molar refractivity (Wildman–Crippen MR) is 103 cm³/mol. The zero-order chi connectivity index (χ0) is 18.3. The van der Waals surface area contributed by atoms with Crippen molar-refractivity contribution in [1.82, 2.24) is 4.90 Å². The van der Waals surface area contributed by atoms with Gasteiger partial charge in [0, 0.05) is 32.5 Å². The monoisotopic (exact) mass is 355 g/mol. The summed E-state index contributed by atoms with van der Waals surface area (Å²) in [5.74, 6) is 0.543. The van der Waals surface area contributed by atoms with Crippen molar-refractivity contribution in [3.8, 4) is 0 Å². The smallest absolute Gasteiger partial charge is 0.168 e. The van der Waals surface area contributed by atoms with Crippen LogP contribution in [0.15, 0.2) is 0 Å². The average Bonchev–Trinajstić information content (AvgIpc) is 2.96. The number of nitrogens with zero attached hydrogens (tertiary/aromatic N) is 1. The molecule has 2 fully saturated rings. The van der Waals surface area contributed by atoms with Crippen LogP contribution in [-0.4, -0.2) is 56.7 Å². The van der Waals surface area contributed by atoms with Gasteiger partial charge in [0.2, 0.25) is 0 Å². The Labute approximate surface area is 155 Å². The summed E-state index contributed by atoms with van der Waals surface area (Å²) >= 11 is 0. The molecule has 0 amide bonds. The van der Waals surface area contributed by atoms with Crippen LogP contribution in [0, 0.1) is 11.3 Å². The molecule has 2 rings (SSSR count). The Kier molecular flexibility index (Phi) is 8.19. The van der Waals surface area contributed by atoms with Crippen LogP contribution in [0.4, 0.5) is 0 Å². The fourth-order valence-corrected chi connectivity index (χ4v) is 4.55. The maximum atomic E-state index is 6.41. The molecule has 25 heavy (non-hydrogen) atoms. The SMILES string of the molecule is CCCC(C)(C)C1CCC2(CC1)OCC(CCN(C)CCOCC)O2. The van der Waals surface area contributed by atoms with Crippen molar-refractivity contribution in [1.29, 1.82) is 0 Å². The minimum Gasteiger partial charge on any atom is -0.380 e. The van der Waals surface area contributed by atoms with Gasteiger partial charge in [0.1, 0.15) is 0 Å². The van der Waals surface area contributed by atoms with E-state index in [1.807, 2.05) is 6.92 Å². The highest BCUT2D eigenvalue weighted by atomic mass is 16.7. The van der Waals surface area contributed by atoms with Crippen molar-refractivity contribution in [2.24, 2.45) is 11.3 Å². The van der Waals surface area contributed by atoms with Gasteiger partial charge in [-0.1, -0.05) is 27.2 Å². The molecule has 4 nitrogen and oxygen atoms in total. The van der Waals surface area contributed by atoms with Gasteiger partial charge in [0.25, 0.3) is 0 Å². The molecule has 0 aromatic rings. The van der Waals surface area contributed by atoms with Gasteiger partial charge in [-0.3, -0.25) is 0 Å². The molecule has 0 N–H and O–H groups in total. The highest BCUT2D eigenvalue weighted by Gasteiger charge is 2.46. The lowest BCUT2D eigenvalue weighted by molar-refractivity contribution is -0.197. The molecule has 1 atom stereocenters. The van der Waals surface area contributed by atoms with E-state index in [4.69, 9.17) is 14.2 Å². The van der Waals surface area contributed by atoms with Gasteiger partial charge < -0.3 is 19.1 Å². The topological polar surface area (TPSA) is 30.9 Å². The Morgan fingerprint density at radius 1 is 1.16 bits per heavy atom. The summed E-state index contributed by atoms with van der Waals surface area (Å²) in [6.45, 7) is 13.6. The summed E-state index contributed by atoms with van der Waals surface area (Å²) in [4.78, 5) is 2.33. The third-order valence-electron chi connectivity index (χ3n) is 6.31. The van der Waals surface area contributed by atoms with Crippen LogP contribution in [0.2, 0.25) is 0 Å². The molecule has 0 radical (unpaired) electrons. The van der Waals surface area contributed by atoms with Crippen LogP contribution in [0.25, 0.3) is 0 Å². The Hall–Kier alpha value is -0.160. The van der Waals surface area contributed by atoms with Gasteiger partial charge in [0.05, 0.1) is 19.3 Å². The molecule has 1 spiro atoms. The van der Waals surface area contributed by atoms with Crippen molar-refractivity contribution < 1.29 is 14.2 Å². The fourth-order valence-electron chi connectivity index (χ4n) is 4.55. The molecular weight excluding hydrogens is 314 g/mol. The number of ether oxygens (including phenoxy) is 3. The summed E-state index contributed by atoms with van der Waals surface area (Å²) in [6, 6.07) is 0. The molecule has 1 aliphatic carbocycles. The third-order valence-corrected chi connectivity index (χ3v) is 6.31. The molecule has 0 bridgehead atoms. The minimum atomic E-state index is -0.270. The van der Waals surface area contributed by atoms with Crippen molar-refractivity contribution in [2.45, 2.75) is 84.5 Å². The van der Waals surface area contributed by atoms with Crippen LogP contribution in [0.5, 0.6) is 0 Å². The first-order chi connectivity index (χ1) is 11.9. The maximum absolute atomic E-state index is 6.41. The lowest BCUT2D eigenvalue weighted by Gasteiger charge is -2.42. The quantitative estimate of drug-likeness (QED) is 0.541.